The van der Waals surface area contributed by atoms with Gasteiger partial charge in [-0.05, 0) is 36.3 Å². The van der Waals surface area contributed by atoms with Gasteiger partial charge in [0.25, 0.3) is 0 Å². The molecule has 3 aliphatic rings. The first-order chi connectivity index (χ1) is 10.8. The van der Waals surface area contributed by atoms with E-state index >= 15 is 0 Å². The van der Waals surface area contributed by atoms with Crippen LogP contribution < -0.4 is 12.4 Å². The SMILES string of the molecule is CCN1CC2C3CCC[N+](C)=C3CC(c3ccccc3)C2C1.Cl.[Cl-]. The molecule has 2 nitrogen and oxygen atoms in total. The number of hydrogen-bond acceptors (Lipinski definition) is 1. The minimum Gasteiger partial charge on any atom is -1.00 e. The van der Waals surface area contributed by atoms with Gasteiger partial charge in [-0.1, -0.05) is 37.3 Å². The predicted molar refractivity (Wildman–Crippen MR) is 98.9 cm³/mol. The highest BCUT2D eigenvalue weighted by Crippen LogP contribution is 2.48. The van der Waals surface area contributed by atoms with Crippen LogP contribution in [0.15, 0.2) is 30.3 Å². The Morgan fingerprint density at radius 3 is 2.42 bits per heavy atom. The fourth-order valence-electron chi connectivity index (χ4n) is 5.40. The van der Waals surface area contributed by atoms with Crippen LogP contribution in [0.1, 0.15) is 37.7 Å². The molecule has 0 amide bonds. The summed E-state index contributed by atoms with van der Waals surface area (Å²) in [6.07, 6.45) is 4.11. The maximum atomic E-state index is 2.70. The minimum atomic E-state index is 0. The summed E-state index contributed by atoms with van der Waals surface area (Å²) in [7, 11) is 2.33. The van der Waals surface area contributed by atoms with Crippen molar-refractivity contribution in [1.29, 1.82) is 0 Å². The van der Waals surface area contributed by atoms with E-state index < -0.39 is 0 Å². The van der Waals surface area contributed by atoms with Gasteiger partial charge in [0.15, 0.2) is 5.71 Å². The van der Waals surface area contributed by atoms with Crippen LogP contribution in [0.3, 0.4) is 0 Å². The van der Waals surface area contributed by atoms with Crippen LogP contribution in [0.4, 0.5) is 0 Å². The zero-order valence-corrected chi connectivity index (χ0v) is 16.4. The molecular weight excluding hydrogens is 339 g/mol. The summed E-state index contributed by atoms with van der Waals surface area (Å²) >= 11 is 0. The maximum absolute atomic E-state index is 2.70. The highest BCUT2D eigenvalue weighted by Gasteiger charge is 2.50. The van der Waals surface area contributed by atoms with E-state index in [1.165, 1.54) is 45.4 Å². The fraction of sp³-hybridized carbons (Fsp3) is 0.650. The number of benzene rings is 1. The van der Waals surface area contributed by atoms with Crippen LogP contribution in [0.5, 0.6) is 0 Å². The van der Waals surface area contributed by atoms with E-state index in [9.17, 15) is 0 Å². The van der Waals surface area contributed by atoms with Crippen molar-refractivity contribution in [2.75, 3.05) is 33.2 Å². The Labute approximate surface area is 159 Å². The summed E-state index contributed by atoms with van der Waals surface area (Å²) in [5, 5.41) is 0. The Morgan fingerprint density at radius 1 is 1.08 bits per heavy atom. The molecule has 24 heavy (non-hydrogen) atoms. The predicted octanol–water partition coefficient (Wildman–Crippen LogP) is 0.661. The summed E-state index contributed by atoms with van der Waals surface area (Å²) in [4.78, 5) is 2.70. The molecule has 2 fully saturated rings. The Balaban J connectivity index is 0.00000104. The molecule has 1 saturated heterocycles. The van der Waals surface area contributed by atoms with E-state index in [0.717, 1.165) is 23.7 Å². The number of hydrogen-bond donors (Lipinski definition) is 0. The fourth-order valence-corrected chi connectivity index (χ4v) is 5.40. The second-order valence-electron chi connectivity index (χ2n) is 7.56. The first-order valence-corrected chi connectivity index (χ1v) is 9.12. The number of nitrogens with zero attached hydrogens (tertiary/aromatic N) is 2. The Morgan fingerprint density at radius 2 is 1.75 bits per heavy atom. The third-order valence-corrected chi connectivity index (χ3v) is 6.55. The molecule has 0 aromatic heterocycles. The third-order valence-electron chi connectivity index (χ3n) is 6.55. The van der Waals surface area contributed by atoms with E-state index in [2.05, 4.69) is 53.8 Å². The van der Waals surface area contributed by atoms with Crippen molar-refractivity contribution in [3.05, 3.63) is 35.9 Å². The van der Waals surface area contributed by atoms with Crippen LogP contribution in [0.25, 0.3) is 0 Å². The highest BCUT2D eigenvalue weighted by molar-refractivity contribution is 5.85. The van der Waals surface area contributed by atoms with E-state index in [-0.39, 0.29) is 24.8 Å². The zero-order valence-electron chi connectivity index (χ0n) is 14.8. The lowest BCUT2D eigenvalue weighted by molar-refractivity contribution is -0.507. The standard InChI is InChI=1S/C20H29N2.2ClH/c1-3-22-13-18-16-10-7-11-21(2)20(16)12-17(19(18)14-22)15-8-5-4-6-9-15;;/h4-6,8-9,16-19H,3,7,10-14H2,1-2H3;2*1H/q+1;;/p-1. The summed E-state index contributed by atoms with van der Waals surface area (Å²) < 4.78 is 2.59. The molecule has 1 aromatic rings. The molecule has 4 atom stereocenters. The average molecular weight is 369 g/mol. The number of halogens is 2. The molecule has 0 spiro atoms. The molecule has 1 saturated carbocycles. The van der Waals surface area contributed by atoms with Gasteiger partial charge in [-0.2, -0.15) is 0 Å². The van der Waals surface area contributed by atoms with Gasteiger partial charge in [0.2, 0.25) is 0 Å². The summed E-state index contributed by atoms with van der Waals surface area (Å²) in [6, 6.07) is 11.3. The first-order valence-electron chi connectivity index (χ1n) is 9.12. The van der Waals surface area contributed by atoms with Crippen LogP contribution >= 0.6 is 12.4 Å². The van der Waals surface area contributed by atoms with Gasteiger partial charge in [0, 0.05) is 31.8 Å². The van der Waals surface area contributed by atoms with Crippen molar-refractivity contribution in [3.8, 4) is 0 Å². The highest BCUT2D eigenvalue weighted by atomic mass is 35.5. The molecule has 4 unspecified atom stereocenters. The molecule has 0 radical (unpaired) electrons. The van der Waals surface area contributed by atoms with Crippen molar-refractivity contribution in [2.45, 2.75) is 32.1 Å². The van der Waals surface area contributed by atoms with Gasteiger partial charge in [-0.15, -0.1) is 12.4 Å². The van der Waals surface area contributed by atoms with Crippen LogP contribution in [0, 0.1) is 17.8 Å². The number of rotatable bonds is 2. The smallest absolute Gasteiger partial charge is 0.156 e. The average Bonchev–Trinajstić information content (AvgIpc) is 3.00. The monoisotopic (exact) mass is 368 g/mol. The third kappa shape index (κ3) is 3.38. The van der Waals surface area contributed by atoms with E-state index in [1.54, 1.807) is 11.3 Å². The van der Waals surface area contributed by atoms with Crippen LogP contribution in [0.2, 0.25) is 0 Å². The van der Waals surface area contributed by atoms with E-state index in [0.29, 0.717) is 0 Å². The van der Waals surface area contributed by atoms with Gasteiger partial charge in [-0.25, -0.2) is 4.58 Å². The van der Waals surface area contributed by atoms with Crippen molar-refractivity contribution in [1.82, 2.24) is 4.90 Å². The van der Waals surface area contributed by atoms with Crippen molar-refractivity contribution >= 4 is 18.1 Å². The molecule has 0 N–H and O–H groups in total. The lowest BCUT2D eigenvalue weighted by Gasteiger charge is -2.40. The second kappa shape index (κ2) is 8.21. The largest absolute Gasteiger partial charge is 1.00 e. The lowest BCUT2D eigenvalue weighted by Crippen LogP contribution is -3.00. The Bertz CT molecular complexity index is 572. The second-order valence-corrected chi connectivity index (χ2v) is 7.56. The maximum Gasteiger partial charge on any atom is 0.156 e. The lowest BCUT2D eigenvalue weighted by atomic mass is 9.63. The molecule has 134 valence electrons. The van der Waals surface area contributed by atoms with Gasteiger partial charge in [-0.3, -0.25) is 0 Å². The number of likely N-dealkylation sites (tertiary alicyclic amines) is 1. The Hall–Kier alpha value is -0.570. The van der Waals surface area contributed by atoms with Crippen LogP contribution in [-0.2, 0) is 0 Å². The molecule has 4 heteroatoms. The van der Waals surface area contributed by atoms with Crippen LogP contribution in [-0.4, -0.2) is 48.4 Å². The van der Waals surface area contributed by atoms with Gasteiger partial charge in [0.1, 0.15) is 13.6 Å². The number of fused-ring (bicyclic) bond motifs is 3. The molecule has 2 heterocycles. The van der Waals surface area contributed by atoms with Gasteiger partial charge in [0.05, 0.1) is 0 Å². The van der Waals surface area contributed by atoms with Crippen molar-refractivity contribution < 1.29 is 17.0 Å². The summed E-state index contributed by atoms with van der Waals surface area (Å²) in [5.74, 6) is 3.34. The van der Waals surface area contributed by atoms with E-state index in [1.807, 2.05) is 0 Å². The van der Waals surface area contributed by atoms with Crippen molar-refractivity contribution in [3.63, 3.8) is 0 Å². The molecular formula is C20H30Cl2N2. The Kier molecular flexibility index (Phi) is 6.75. The van der Waals surface area contributed by atoms with Crippen molar-refractivity contribution in [2.24, 2.45) is 17.8 Å². The molecule has 4 rings (SSSR count). The zero-order chi connectivity index (χ0) is 15.1. The summed E-state index contributed by atoms with van der Waals surface area (Å²) in [6.45, 7) is 7.45. The quantitative estimate of drug-likeness (QED) is 0.695. The molecule has 1 aromatic carbocycles. The normalized spacial score (nSPS) is 32.4. The minimum absolute atomic E-state index is 0. The van der Waals surface area contributed by atoms with E-state index in [4.69, 9.17) is 0 Å². The summed E-state index contributed by atoms with van der Waals surface area (Å²) in [5.41, 5.74) is 3.33. The topological polar surface area (TPSA) is 6.25 Å². The first kappa shape index (κ1) is 19.8. The van der Waals surface area contributed by atoms with Gasteiger partial charge >= 0.3 is 0 Å². The molecule has 1 aliphatic carbocycles. The molecule has 2 aliphatic heterocycles. The molecule has 0 bridgehead atoms. The van der Waals surface area contributed by atoms with Gasteiger partial charge < -0.3 is 17.3 Å².